The van der Waals surface area contributed by atoms with Gasteiger partial charge >= 0.3 is 6.03 Å². The number of hydrogen-bond donors (Lipinski definition) is 2. The lowest BCUT2D eigenvalue weighted by Gasteiger charge is -2.32. The van der Waals surface area contributed by atoms with Crippen LogP contribution in [0.3, 0.4) is 0 Å². The average molecular weight is 365 g/mol. The minimum Gasteiger partial charge on any atom is -0.334 e. The van der Waals surface area contributed by atoms with E-state index >= 15 is 0 Å². The second kappa shape index (κ2) is 8.71. The van der Waals surface area contributed by atoms with Gasteiger partial charge in [-0.05, 0) is 49.4 Å². The van der Waals surface area contributed by atoms with Crippen LogP contribution in [0.15, 0.2) is 48.5 Å². The number of urea groups is 1. The first-order valence-electron chi connectivity index (χ1n) is 9.48. The third-order valence-corrected chi connectivity index (χ3v) is 5.23. The molecule has 2 aromatic rings. The molecule has 1 saturated heterocycles. The van der Waals surface area contributed by atoms with Crippen molar-refractivity contribution in [1.82, 2.24) is 10.2 Å². The molecule has 27 heavy (non-hydrogen) atoms. The molecule has 0 saturated carbocycles. The summed E-state index contributed by atoms with van der Waals surface area (Å²) in [6.45, 7) is 5.68. The van der Waals surface area contributed by atoms with Gasteiger partial charge in [0.05, 0.1) is 5.92 Å². The van der Waals surface area contributed by atoms with Gasteiger partial charge in [0.25, 0.3) is 0 Å². The molecule has 5 heteroatoms. The topological polar surface area (TPSA) is 61.4 Å². The fourth-order valence-electron chi connectivity index (χ4n) is 3.38. The van der Waals surface area contributed by atoms with Crippen molar-refractivity contribution in [2.75, 3.05) is 18.4 Å². The van der Waals surface area contributed by atoms with Crippen LogP contribution in [0.2, 0.25) is 0 Å². The fourth-order valence-corrected chi connectivity index (χ4v) is 3.38. The van der Waals surface area contributed by atoms with Crippen molar-refractivity contribution in [1.29, 1.82) is 0 Å². The average Bonchev–Trinajstić information content (AvgIpc) is 2.70. The minimum atomic E-state index is -0.180. The molecule has 1 atom stereocenters. The van der Waals surface area contributed by atoms with E-state index in [1.165, 1.54) is 0 Å². The molecular formula is C22H27N3O2. The summed E-state index contributed by atoms with van der Waals surface area (Å²) in [5.41, 5.74) is 4.15. The van der Waals surface area contributed by atoms with Gasteiger partial charge in [-0.2, -0.15) is 0 Å². The van der Waals surface area contributed by atoms with E-state index in [0.717, 1.165) is 35.2 Å². The Kier molecular flexibility index (Phi) is 6.12. The van der Waals surface area contributed by atoms with Gasteiger partial charge in [-0.15, -0.1) is 0 Å². The number of piperidine rings is 1. The summed E-state index contributed by atoms with van der Waals surface area (Å²) in [5, 5.41) is 5.99. The maximum absolute atomic E-state index is 12.7. The molecule has 0 aromatic heterocycles. The van der Waals surface area contributed by atoms with Crippen LogP contribution in [0.5, 0.6) is 0 Å². The molecule has 1 aliphatic rings. The third-order valence-electron chi connectivity index (χ3n) is 5.23. The molecule has 0 aliphatic carbocycles. The summed E-state index contributed by atoms with van der Waals surface area (Å²) in [4.78, 5) is 26.9. The molecule has 0 radical (unpaired) electrons. The second-order valence-electron chi connectivity index (χ2n) is 7.17. The van der Waals surface area contributed by atoms with E-state index in [0.29, 0.717) is 19.6 Å². The Labute approximate surface area is 160 Å². The first-order chi connectivity index (χ1) is 13.0. The minimum absolute atomic E-state index is 0.00995. The molecule has 2 N–H and O–H groups in total. The van der Waals surface area contributed by atoms with Crippen molar-refractivity contribution in [2.24, 2.45) is 5.92 Å². The number of aryl methyl sites for hydroxylation is 1. The number of carbonyl (C=O) groups excluding carboxylic acids is 2. The molecule has 142 valence electrons. The molecule has 3 rings (SSSR count). The maximum atomic E-state index is 12.7. The van der Waals surface area contributed by atoms with Gasteiger partial charge in [0, 0.05) is 25.3 Å². The molecule has 3 amide bonds. The van der Waals surface area contributed by atoms with Crippen molar-refractivity contribution in [3.05, 3.63) is 65.2 Å². The van der Waals surface area contributed by atoms with Gasteiger partial charge in [-0.3, -0.25) is 4.79 Å². The first kappa shape index (κ1) is 19.0. The molecule has 2 aromatic carbocycles. The Balaban J connectivity index is 1.56. The van der Waals surface area contributed by atoms with E-state index in [1.54, 1.807) is 4.90 Å². The third kappa shape index (κ3) is 4.88. The number of rotatable bonds is 4. The van der Waals surface area contributed by atoms with Gasteiger partial charge in [-0.25, -0.2) is 4.79 Å². The molecule has 1 heterocycles. The van der Waals surface area contributed by atoms with Crippen molar-refractivity contribution >= 4 is 17.6 Å². The molecule has 5 nitrogen and oxygen atoms in total. The zero-order valence-corrected chi connectivity index (χ0v) is 16.0. The Hall–Kier alpha value is -2.82. The number of anilines is 1. The van der Waals surface area contributed by atoms with E-state index < -0.39 is 0 Å². The highest BCUT2D eigenvalue weighted by atomic mass is 16.2. The highest BCUT2D eigenvalue weighted by Crippen LogP contribution is 2.22. The molecular weight excluding hydrogens is 338 g/mol. The number of likely N-dealkylation sites (tertiary alicyclic amines) is 1. The number of nitrogens with one attached hydrogen (secondary N) is 2. The van der Waals surface area contributed by atoms with Gasteiger partial charge in [0.1, 0.15) is 0 Å². The summed E-state index contributed by atoms with van der Waals surface area (Å²) in [7, 11) is 0. The summed E-state index contributed by atoms with van der Waals surface area (Å²) in [5.74, 6) is -0.189. The van der Waals surface area contributed by atoms with Crippen LogP contribution < -0.4 is 10.6 Å². The normalized spacial score (nSPS) is 16.7. The van der Waals surface area contributed by atoms with Crippen LogP contribution >= 0.6 is 0 Å². The summed E-state index contributed by atoms with van der Waals surface area (Å²) in [6.07, 6.45) is 1.64. The molecule has 1 unspecified atom stereocenters. The van der Waals surface area contributed by atoms with E-state index in [4.69, 9.17) is 0 Å². The highest BCUT2D eigenvalue weighted by Gasteiger charge is 2.28. The lowest BCUT2D eigenvalue weighted by atomic mass is 9.97. The Morgan fingerprint density at radius 1 is 1.07 bits per heavy atom. The lowest BCUT2D eigenvalue weighted by molar-refractivity contribution is -0.121. The largest absolute Gasteiger partial charge is 0.334 e. The molecule has 1 fully saturated rings. The lowest BCUT2D eigenvalue weighted by Crippen LogP contribution is -2.47. The van der Waals surface area contributed by atoms with E-state index in [-0.39, 0.29) is 17.9 Å². The standard InChI is InChI=1S/C22H27N3O2/c1-16-8-6-12-20(17(16)2)24-21(26)19-11-7-13-25(15-19)22(27)23-14-18-9-4-3-5-10-18/h3-6,8-10,12,19H,7,11,13-15H2,1-2H3,(H,23,27)(H,24,26). The summed E-state index contributed by atoms with van der Waals surface area (Å²) < 4.78 is 0. The van der Waals surface area contributed by atoms with E-state index in [2.05, 4.69) is 10.6 Å². The predicted octanol–water partition coefficient (Wildman–Crippen LogP) is 3.86. The van der Waals surface area contributed by atoms with Crippen molar-refractivity contribution in [3.63, 3.8) is 0 Å². The maximum Gasteiger partial charge on any atom is 0.317 e. The van der Waals surface area contributed by atoms with Crippen LogP contribution in [0.4, 0.5) is 10.5 Å². The number of hydrogen-bond acceptors (Lipinski definition) is 2. The van der Waals surface area contributed by atoms with Crippen LogP contribution in [-0.4, -0.2) is 29.9 Å². The zero-order valence-electron chi connectivity index (χ0n) is 16.0. The van der Waals surface area contributed by atoms with Crippen LogP contribution in [0, 0.1) is 19.8 Å². The Morgan fingerprint density at radius 3 is 2.63 bits per heavy atom. The molecule has 0 spiro atoms. The number of amides is 3. The first-order valence-corrected chi connectivity index (χ1v) is 9.48. The fraction of sp³-hybridized carbons (Fsp3) is 0.364. The molecule has 1 aliphatic heterocycles. The van der Waals surface area contributed by atoms with E-state index in [9.17, 15) is 9.59 Å². The quantitative estimate of drug-likeness (QED) is 0.864. The van der Waals surface area contributed by atoms with Crippen LogP contribution in [-0.2, 0) is 11.3 Å². The van der Waals surface area contributed by atoms with Gasteiger partial charge in [-0.1, -0.05) is 42.5 Å². The smallest absolute Gasteiger partial charge is 0.317 e. The second-order valence-corrected chi connectivity index (χ2v) is 7.17. The van der Waals surface area contributed by atoms with Crippen LogP contribution in [0.1, 0.15) is 29.5 Å². The summed E-state index contributed by atoms with van der Waals surface area (Å²) >= 11 is 0. The number of carbonyl (C=O) groups is 2. The van der Waals surface area contributed by atoms with Crippen LogP contribution in [0.25, 0.3) is 0 Å². The number of nitrogens with zero attached hydrogens (tertiary/aromatic N) is 1. The van der Waals surface area contributed by atoms with Crippen molar-refractivity contribution in [3.8, 4) is 0 Å². The molecule has 0 bridgehead atoms. The van der Waals surface area contributed by atoms with Gasteiger partial charge in [0.15, 0.2) is 0 Å². The monoisotopic (exact) mass is 365 g/mol. The zero-order chi connectivity index (χ0) is 19.2. The Morgan fingerprint density at radius 2 is 1.85 bits per heavy atom. The van der Waals surface area contributed by atoms with Crippen molar-refractivity contribution < 1.29 is 9.59 Å². The Bertz CT molecular complexity index is 804. The van der Waals surface area contributed by atoms with Gasteiger partial charge < -0.3 is 15.5 Å². The van der Waals surface area contributed by atoms with Crippen molar-refractivity contribution in [2.45, 2.75) is 33.2 Å². The predicted molar refractivity (Wildman–Crippen MR) is 108 cm³/mol. The summed E-state index contributed by atoms with van der Waals surface area (Å²) in [6, 6.07) is 15.6. The number of benzene rings is 2. The SMILES string of the molecule is Cc1cccc(NC(=O)C2CCCN(C(=O)NCc3ccccc3)C2)c1C. The van der Waals surface area contributed by atoms with Gasteiger partial charge in [0.2, 0.25) is 5.91 Å². The highest BCUT2D eigenvalue weighted by molar-refractivity contribution is 5.94. The van der Waals surface area contributed by atoms with E-state index in [1.807, 2.05) is 62.4 Å².